The lowest BCUT2D eigenvalue weighted by molar-refractivity contribution is -0.144. The van der Waals surface area contributed by atoms with Crippen LogP contribution >= 0.6 is 0 Å². The van der Waals surface area contributed by atoms with Crippen LogP contribution in [0.4, 0.5) is 0 Å². The first-order valence-corrected chi connectivity index (χ1v) is 13.8. The molecule has 0 aliphatic carbocycles. The molecule has 0 heterocycles. The number of carbonyl (C=O) groups is 10. The zero-order valence-corrected chi connectivity index (χ0v) is 28.3. The molecule has 0 aromatic heterocycles. The van der Waals surface area contributed by atoms with Gasteiger partial charge in [-0.2, -0.15) is 0 Å². The van der Waals surface area contributed by atoms with Crippen LogP contribution in [-0.4, -0.2) is 154 Å². The van der Waals surface area contributed by atoms with Crippen molar-refractivity contribution < 1.29 is 99.0 Å². The summed E-state index contributed by atoms with van der Waals surface area (Å²) in [5.74, 6) is -10.7. The highest BCUT2D eigenvalue weighted by molar-refractivity contribution is 5.80. The Morgan fingerprint density at radius 2 is 0.577 bits per heavy atom. The maximum atomic E-state index is 9.99. The minimum Gasteiger partial charge on any atom is -0.481 e. The van der Waals surface area contributed by atoms with Gasteiger partial charge in [-0.15, -0.1) is 0 Å². The molecular formula is C25H51N7O20. The number of carboxylic acids is 10. The lowest BCUT2D eigenvalue weighted by Gasteiger charge is -2.01. The molecule has 0 rings (SSSR count). The summed E-state index contributed by atoms with van der Waals surface area (Å²) in [5, 5.41) is 79.8. The lowest BCUT2D eigenvalue weighted by Crippen LogP contribution is -2.32. The van der Waals surface area contributed by atoms with Crippen molar-refractivity contribution in [3.05, 3.63) is 0 Å². The fourth-order valence-electron chi connectivity index (χ4n) is 1.08. The second-order valence-electron chi connectivity index (χ2n) is 9.28. The van der Waals surface area contributed by atoms with Crippen LogP contribution in [0.2, 0.25) is 0 Å². The Kier molecular flexibility index (Phi) is 45.3. The molecule has 52 heavy (non-hydrogen) atoms. The highest BCUT2D eigenvalue weighted by Gasteiger charge is 2.15. The van der Waals surface area contributed by atoms with Crippen LogP contribution in [0.1, 0.15) is 52.9 Å². The molecule has 306 valence electrons. The molecule has 0 aromatic carbocycles. The van der Waals surface area contributed by atoms with Gasteiger partial charge in [0.2, 0.25) is 0 Å². The second-order valence-corrected chi connectivity index (χ2v) is 9.28. The van der Waals surface area contributed by atoms with E-state index in [0.717, 1.165) is 0 Å². The lowest BCUT2D eigenvalue weighted by atomic mass is 10.2. The molecule has 0 fully saturated rings. The van der Waals surface area contributed by atoms with Crippen molar-refractivity contribution in [2.24, 2.45) is 40.1 Å². The summed E-state index contributed by atoms with van der Waals surface area (Å²) in [7, 11) is 0. The van der Waals surface area contributed by atoms with Gasteiger partial charge in [0.25, 0.3) is 0 Å². The fraction of sp³-hybridized carbons (Fsp3) is 0.600. The molecule has 0 aliphatic rings. The summed E-state index contributed by atoms with van der Waals surface area (Å²) in [4.78, 5) is 97.3. The fourth-order valence-corrected chi connectivity index (χ4v) is 1.08. The van der Waals surface area contributed by atoms with Crippen LogP contribution in [-0.2, 0) is 47.9 Å². The molecule has 0 unspecified atom stereocenters. The molecule has 27 heteroatoms. The van der Waals surface area contributed by atoms with Crippen LogP contribution in [0, 0.1) is 0 Å². The van der Waals surface area contributed by atoms with E-state index in [9.17, 15) is 47.9 Å². The van der Waals surface area contributed by atoms with E-state index in [0.29, 0.717) is 0 Å². The number of rotatable bonds is 15. The van der Waals surface area contributed by atoms with Crippen LogP contribution < -0.4 is 40.1 Å². The van der Waals surface area contributed by atoms with Crippen LogP contribution in [0.25, 0.3) is 0 Å². The van der Waals surface area contributed by atoms with Crippen molar-refractivity contribution in [3.63, 3.8) is 0 Å². The monoisotopic (exact) mass is 769 g/mol. The van der Waals surface area contributed by atoms with Crippen molar-refractivity contribution in [3.8, 4) is 0 Å². The molecule has 6 atom stereocenters. The molecule has 0 amide bonds. The number of hydrogen-bond acceptors (Lipinski definition) is 17. The molecule has 27 nitrogen and oxygen atoms in total. The van der Waals surface area contributed by atoms with Crippen molar-refractivity contribution in [1.82, 2.24) is 0 Å². The molecule has 0 saturated carbocycles. The van der Waals surface area contributed by atoms with Gasteiger partial charge in [0, 0.05) is 12.8 Å². The van der Waals surface area contributed by atoms with Crippen LogP contribution in [0.15, 0.2) is 0 Å². The van der Waals surface area contributed by atoms with E-state index in [1.54, 1.807) is 0 Å². The van der Waals surface area contributed by atoms with Gasteiger partial charge >= 0.3 is 59.7 Å². The van der Waals surface area contributed by atoms with E-state index >= 15 is 0 Å². The minimum absolute atomic E-state index is 0.0231. The Bertz CT molecular complexity index is 1030. The van der Waals surface area contributed by atoms with Gasteiger partial charge in [0.05, 0.1) is 13.0 Å². The molecule has 0 saturated heterocycles. The number of nitrogens with two attached hydrogens (primary N) is 7. The summed E-state index contributed by atoms with van der Waals surface area (Å²) in [6.45, 7) is 3.98. The zero-order chi connectivity index (χ0) is 43.5. The summed E-state index contributed by atoms with van der Waals surface area (Å²) >= 11 is 0. The third-order valence-electron chi connectivity index (χ3n) is 4.03. The average molecular weight is 770 g/mol. The maximum absolute atomic E-state index is 9.99. The van der Waals surface area contributed by atoms with Gasteiger partial charge in [0.15, 0.2) is 0 Å². The van der Waals surface area contributed by atoms with E-state index in [1.807, 2.05) is 0 Å². The quantitative estimate of drug-likeness (QED) is 0.0739. The molecular weight excluding hydrogens is 718 g/mol. The van der Waals surface area contributed by atoms with Crippen molar-refractivity contribution >= 4 is 59.7 Å². The van der Waals surface area contributed by atoms with Gasteiger partial charge in [-0.1, -0.05) is 0 Å². The predicted octanol–water partition coefficient (Wildman–Crippen LogP) is -5.32. The third kappa shape index (κ3) is 70.7. The Hall–Kier alpha value is -5.58. The van der Waals surface area contributed by atoms with Crippen molar-refractivity contribution in [2.75, 3.05) is 6.54 Å². The van der Waals surface area contributed by atoms with Gasteiger partial charge < -0.3 is 91.2 Å². The van der Waals surface area contributed by atoms with Crippen LogP contribution in [0.3, 0.4) is 0 Å². The topological polar surface area (TPSA) is 555 Å². The predicted molar refractivity (Wildman–Crippen MR) is 173 cm³/mol. The van der Waals surface area contributed by atoms with E-state index in [-0.39, 0.29) is 32.2 Å². The Balaban J connectivity index is -0.0000000923. The van der Waals surface area contributed by atoms with Crippen LogP contribution in [0.5, 0.6) is 0 Å². The van der Waals surface area contributed by atoms with Gasteiger partial charge in [-0.05, 0) is 33.6 Å². The molecule has 0 bridgehead atoms. The van der Waals surface area contributed by atoms with Gasteiger partial charge in [0.1, 0.15) is 36.3 Å². The number of carboxylic acid groups (broad SMARTS) is 10. The first-order chi connectivity index (χ1) is 23.3. The van der Waals surface area contributed by atoms with E-state index in [4.69, 9.17) is 85.5 Å². The first-order valence-electron chi connectivity index (χ1n) is 13.8. The molecule has 24 N–H and O–H groups in total. The number of hydrogen-bond donors (Lipinski definition) is 17. The highest BCUT2D eigenvalue weighted by atomic mass is 16.4. The molecule has 0 spiro atoms. The number of aliphatic carboxylic acids is 10. The van der Waals surface area contributed by atoms with Gasteiger partial charge in [-0.3, -0.25) is 47.9 Å². The summed E-state index contributed by atoms with van der Waals surface area (Å²) in [6.07, 6.45) is -0.981. The van der Waals surface area contributed by atoms with E-state index in [1.165, 1.54) is 20.8 Å². The Labute approximate surface area is 294 Å². The van der Waals surface area contributed by atoms with Crippen molar-refractivity contribution in [2.45, 2.75) is 89.1 Å². The SMILES string of the molecule is C[C@H](N)C(=O)O.C[C@H](N)C(=O)O.C[C@H](N)C(=O)O.NCC(=O)O.N[C@@H](CC(=O)O)C(=O)O.N[C@@H](CCC(=O)O)C(=O)O.N[C@@H](CCC(=O)O)C(=O)O. The minimum atomic E-state index is -1.29. The molecule has 0 radical (unpaired) electrons. The largest absolute Gasteiger partial charge is 0.481 e. The summed E-state index contributed by atoms with van der Waals surface area (Å²) in [5.41, 5.74) is 33.9. The second kappa shape index (κ2) is 38.2. The van der Waals surface area contributed by atoms with Crippen molar-refractivity contribution in [1.29, 1.82) is 0 Å². The highest BCUT2D eigenvalue weighted by Crippen LogP contribution is 1.94. The summed E-state index contributed by atoms with van der Waals surface area (Å²) < 4.78 is 0. The third-order valence-corrected chi connectivity index (χ3v) is 4.03. The summed E-state index contributed by atoms with van der Waals surface area (Å²) in [6, 6.07) is -5.60. The zero-order valence-electron chi connectivity index (χ0n) is 28.3. The maximum Gasteiger partial charge on any atom is 0.321 e. The van der Waals surface area contributed by atoms with E-state index in [2.05, 4.69) is 5.73 Å². The van der Waals surface area contributed by atoms with Gasteiger partial charge in [-0.25, -0.2) is 0 Å². The first kappa shape index (κ1) is 61.6. The average Bonchev–Trinajstić information content (AvgIpc) is 2.99. The smallest absolute Gasteiger partial charge is 0.321 e. The Morgan fingerprint density at radius 3 is 0.654 bits per heavy atom. The molecule has 0 aromatic rings. The normalized spacial score (nSPS) is 12.4. The van der Waals surface area contributed by atoms with E-state index < -0.39 is 102 Å². The standard InChI is InChI=1S/2C5H9NO4.C4H7NO4.3C3H7NO2.C2H5NO2/c2*6-3(5(9)10)1-2-4(7)8;5-2(4(8)9)1-3(6)7;3*1-2(4)3(5)6;3-1-2(4)5/h2*3H,1-2,6H2,(H,7,8)(H,9,10);2H,1,5H2,(H,6,7)(H,8,9);3*2H,4H2,1H3,(H,5,6);1,3H2,(H,4,5)/t2*3-;4*2-;/m000000./s1. The molecule has 0 aliphatic heterocycles. The Morgan fingerprint density at radius 1 is 0.385 bits per heavy atom.